The third kappa shape index (κ3) is 2.45. The van der Waals surface area contributed by atoms with Gasteiger partial charge in [-0.2, -0.15) is 4.98 Å². The Hall–Kier alpha value is -2.44. The van der Waals surface area contributed by atoms with E-state index in [1.165, 1.54) is 6.92 Å². The monoisotopic (exact) mass is 255 g/mol. The topological polar surface area (TPSA) is 72.6 Å². The minimum atomic E-state index is -1.60. The molecular weight excluding hydrogens is 248 g/mol. The van der Waals surface area contributed by atoms with Crippen LogP contribution < -0.4 is 4.74 Å². The second-order valence-corrected chi connectivity index (χ2v) is 3.39. The molecule has 0 fully saturated rings. The van der Waals surface area contributed by atoms with Crippen LogP contribution >= 0.6 is 0 Å². The molecule has 0 saturated carbocycles. The van der Waals surface area contributed by atoms with Crippen LogP contribution in [0, 0.1) is 18.6 Å². The summed E-state index contributed by atoms with van der Waals surface area (Å²) >= 11 is 0. The molecule has 0 saturated heterocycles. The Kier molecular flexibility index (Phi) is 2.97. The molecule has 0 spiro atoms. The summed E-state index contributed by atoms with van der Waals surface area (Å²) in [5.41, 5.74) is 0.00403. The number of hydrogen-bond acceptors (Lipinski definition) is 4. The molecular formula is C11H7F2NO4. The number of nitrogens with zero attached hydrogens (tertiary/aromatic N) is 1. The van der Waals surface area contributed by atoms with E-state index in [9.17, 15) is 13.6 Å². The maximum atomic E-state index is 13.1. The fraction of sp³-hybridized carbons (Fsp3) is 0.0909. The molecule has 0 unspecified atom stereocenters. The van der Waals surface area contributed by atoms with Gasteiger partial charge >= 0.3 is 6.16 Å². The first kappa shape index (κ1) is 12.0. The zero-order valence-corrected chi connectivity index (χ0v) is 9.11. The third-order valence-electron chi connectivity index (χ3n) is 2.01. The number of ether oxygens (including phenoxy) is 1. The number of carboxylic acid groups (broad SMARTS) is 1. The average Bonchev–Trinajstić information content (AvgIpc) is 2.56. The molecule has 2 rings (SSSR count). The summed E-state index contributed by atoms with van der Waals surface area (Å²) in [5, 5.41) is 8.50. The lowest BCUT2D eigenvalue weighted by molar-refractivity contribution is 0.143. The van der Waals surface area contributed by atoms with E-state index in [1.807, 2.05) is 0 Å². The lowest BCUT2D eigenvalue weighted by Crippen LogP contribution is -2.04. The third-order valence-corrected chi connectivity index (χ3v) is 2.01. The molecule has 1 N–H and O–H groups in total. The predicted molar refractivity (Wildman–Crippen MR) is 55.2 cm³/mol. The van der Waals surface area contributed by atoms with Crippen LogP contribution in [0.4, 0.5) is 13.6 Å². The first-order chi connectivity index (χ1) is 8.45. The van der Waals surface area contributed by atoms with Crippen LogP contribution in [-0.2, 0) is 0 Å². The Morgan fingerprint density at radius 1 is 1.33 bits per heavy atom. The Balaban J connectivity index is 2.52. The summed E-state index contributed by atoms with van der Waals surface area (Å²) in [6.07, 6.45) is -1.60. The number of oxazole rings is 1. The van der Waals surface area contributed by atoms with E-state index >= 15 is 0 Å². The summed E-state index contributed by atoms with van der Waals surface area (Å²) in [4.78, 5) is 14.1. The van der Waals surface area contributed by atoms with Crippen LogP contribution in [0.5, 0.6) is 5.88 Å². The Morgan fingerprint density at radius 2 is 1.94 bits per heavy atom. The first-order valence-corrected chi connectivity index (χ1v) is 4.80. The number of aromatic nitrogens is 1. The quantitative estimate of drug-likeness (QED) is 0.835. The van der Waals surface area contributed by atoms with Gasteiger partial charge in [-0.25, -0.2) is 13.6 Å². The molecule has 94 valence electrons. The molecule has 1 aromatic carbocycles. The molecule has 0 atom stereocenters. The second kappa shape index (κ2) is 4.44. The zero-order valence-electron chi connectivity index (χ0n) is 9.11. The van der Waals surface area contributed by atoms with E-state index in [2.05, 4.69) is 9.72 Å². The summed E-state index contributed by atoms with van der Waals surface area (Å²) in [6, 6.07) is 2.65. The predicted octanol–water partition coefficient (Wildman–Crippen LogP) is 2.99. The smallest absolute Gasteiger partial charge is 0.449 e. The normalized spacial score (nSPS) is 10.4. The van der Waals surface area contributed by atoms with Gasteiger partial charge in [0.15, 0.2) is 11.7 Å². The largest absolute Gasteiger partial charge is 0.512 e. The van der Waals surface area contributed by atoms with Crippen LogP contribution in [0.15, 0.2) is 22.6 Å². The number of aryl methyl sites for hydroxylation is 1. The van der Waals surface area contributed by atoms with Crippen molar-refractivity contribution in [3.63, 3.8) is 0 Å². The van der Waals surface area contributed by atoms with Gasteiger partial charge in [0, 0.05) is 18.6 Å². The molecule has 0 aliphatic heterocycles. The summed E-state index contributed by atoms with van der Waals surface area (Å²) in [7, 11) is 0. The van der Waals surface area contributed by atoms with Gasteiger partial charge < -0.3 is 14.3 Å². The molecule has 0 amide bonds. The highest BCUT2D eigenvalue weighted by Gasteiger charge is 2.18. The van der Waals surface area contributed by atoms with E-state index in [1.54, 1.807) is 0 Å². The van der Waals surface area contributed by atoms with Crippen LogP contribution in [0.2, 0.25) is 0 Å². The standard InChI is InChI=1S/C11H7F2NO4/c1-5-14-10(18-11(15)16)9(17-5)6-2-7(12)4-8(13)3-6/h2-4H,1H3,(H,15,16). The molecule has 0 aliphatic carbocycles. The maximum absolute atomic E-state index is 13.1. The SMILES string of the molecule is Cc1nc(OC(=O)O)c(-c2cc(F)cc(F)c2)o1. The highest BCUT2D eigenvalue weighted by atomic mass is 19.1. The lowest BCUT2D eigenvalue weighted by atomic mass is 10.1. The number of rotatable bonds is 2. The fourth-order valence-electron chi connectivity index (χ4n) is 1.43. The van der Waals surface area contributed by atoms with E-state index in [-0.39, 0.29) is 23.1 Å². The molecule has 1 heterocycles. The number of carbonyl (C=O) groups is 1. The van der Waals surface area contributed by atoms with Crippen LogP contribution in [0.25, 0.3) is 11.3 Å². The maximum Gasteiger partial charge on any atom is 0.512 e. The second-order valence-electron chi connectivity index (χ2n) is 3.39. The van der Waals surface area contributed by atoms with Gasteiger partial charge in [-0.1, -0.05) is 0 Å². The van der Waals surface area contributed by atoms with Crippen molar-refractivity contribution in [1.82, 2.24) is 4.98 Å². The highest BCUT2D eigenvalue weighted by Crippen LogP contribution is 2.31. The van der Waals surface area contributed by atoms with Crippen molar-refractivity contribution in [3.05, 3.63) is 35.7 Å². The number of benzene rings is 1. The first-order valence-electron chi connectivity index (χ1n) is 4.80. The number of halogens is 2. The minimum Gasteiger partial charge on any atom is -0.449 e. The van der Waals surface area contributed by atoms with Gasteiger partial charge in [-0.3, -0.25) is 0 Å². The molecule has 0 radical (unpaired) electrons. The molecule has 1 aromatic heterocycles. The molecule has 0 bridgehead atoms. The fourth-order valence-corrected chi connectivity index (χ4v) is 1.43. The van der Waals surface area contributed by atoms with Gasteiger partial charge in [0.25, 0.3) is 5.88 Å². The van der Waals surface area contributed by atoms with Crippen molar-refractivity contribution in [1.29, 1.82) is 0 Å². The highest BCUT2D eigenvalue weighted by molar-refractivity contribution is 5.68. The summed E-state index contributed by atoms with van der Waals surface area (Å²) in [5.74, 6) is -2.02. The van der Waals surface area contributed by atoms with Crippen LogP contribution in [0.3, 0.4) is 0 Å². The van der Waals surface area contributed by atoms with Crippen LogP contribution in [0.1, 0.15) is 5.89 Å². The molecule has 18 heavy (non-hydrogen) atoms. The van der Waals surface area contributed by atoms with Gasteiger partial charge in [-0.15, -0.1) is 0 Å². The molecule has 2 aromatic rings. The minimum absolute atomic E-state index is 0.00403. The number of hydrogen-bond donors (Lipinski definition) is 1. The average molecular weight is 255 g/mol. The lowest BCUT2D eigenvalue weighted by Gasteiger charge is -2.00. The van der Waals surface area contributed by atoms with Crippen molar-refractivity contribution in [2.75, 3.05) is 0 Å². The van der Waals surface area contributed by atoms with Gasteiger partial charge in [0.2, 0.25) is 0 Å². The Morgan fingerprint density at radius 3 is 2.50 bits per heavy atom. The van der Waals surface area contributed by atoms with Crippen LogP contribution in [-0.4, -0.2) is 16.2 Å². The molecule has 7 heteroatoms. The van der Waals surface area contributed by atoms with Crippen molar-refractivity contribution >= 4 is 6.16 Å². The zero-order chi connectivity index (χ0) is 13.3. The van der Waals surface area contributed by atoms with E-state index < -0.39 is 17.8 Å². The van der Waals surface area contributed by atoms with E-state index in [4.69, 9.17) is 9.52 Å². The van der Waals surface area contributed by atoms with Gasteiger partial charge in [0.05, 0.1) is 0 Å². The summed E-state index contributed by atoms with van der Waals surface area (Å²) in [6.45, 7) is 1.45. The Bertz CT molecular complexity index is 589. The van der Waals surface area contributed by atoms with Gasteiger partial charge in [-0.05, 0) is 12.1 Å². The molecule has 5 nitrogen and oxygen atoms in total. The summed E-state index contributed by atoms with van der Waals surface area (Å²) < 4.78 is 35.6. The van der Waals surface area contributed by atoms with Gasteiger partial charge in [0.1, 0.15) is 11.6 Å². The van der Waals surface area contributed by atoms with Crippen molar-refractivity contribution < 1.29 is 27.8 Å². The van der Waals surface area contributed by atoms with Crippen molar-refractivity contribution in [2.45, 2.75) is 6.92 Å². The van der Waals surface area contributed by atoms with Crippen molar-refractivity contribution in [3.8, 4) is 17.2 Å². The van der Waals surface area contributed by atoms with E-state index in [0.717, 1.165) is 12.1 Å². The van der Waals surface area contributed by atoms with Crippen molar-refractivity contribution in [2.24, 2.45) is 0 Å². The Labute approximate surface area is 99.6 Å². The molecule has 0 aliphatic rings. The van der Waals surface area contributed by atoms with E-state index in [0.29, 0.717) is 6.07 Å².